The molecule has 3 heterocycles. The SMILES string of the molecule is CCCCC(CC)Cn1c2ccccc2c2cccc(-n3c4ccccc4c4ccccc43)c21.O=P(c1ccccc1)(c1ccccc1)c1ccc(-n2c3ccccc3c3cc(P(=O)(c4ccccc4)c4ccccc4)ccc32)cc1. The topological polar surface area (TPSA) is 48.9 Å². The number of hydrogen-bond donors (Lipinski definition) is 0. The molecule has 0 bridgehead atoms. The minimum atomic E-state index is -3.15. The second-order valence-electron chi connectivity index (χ2n) is 21.2. The van der Waals surface area contributed by atoms with Crippen LogP contribution < -0.4 is 31.8 Å². The third-order valence-corrected chi connectivity index (χ3v) is 22.7. The quantitative estimate of drug-likeness (QED) is 0.102. The summed E-state index contributed by atoms with van der Waals surface area (Å²) >= 11 is 0. The summed E-state index contributed by atoms with van der Waals surface area (Å²) in [6.07, 6.45) is 5.07. The van der Waals surface area contributed by atoms with Crippen molar-refractivity contribution in [2.75, 3.05) is 0 Å². The van der Waals surface area contributed by atoms with E-state index in [0.29, 0.717) is 5.92 Å². The van der Waals surface area contributed by atoms with Gasteiger partial charge in [-0.05, 0) is 85.1 Å². The van der Waals surface area contributed by atoms with Gasteiger partial charge in [0, 0.05) is 81.9 Å². The van der Waals surface area contributed by atoms with Crippen molar-refractivity contribution in [1.29, 1.82) is 0 Å². The summed E-state index contributed by atoms with van der Waals surface area (Å²) in [4.78, 5) is 0. The van der Waals surface area contributed by atoms with Crippen molar-refractivity contribution in [1.82, 2.24) is 13.7 Å². The average Bonchev–Trinajstić information content (AvgIpc) is 4.03. The second-order valence-corrected chi connectivity index (χ2v) is 26.8. The van der Waals surface area contributed by atoms with Crippen LogP contribution in [0, 0.1) is 5.92 Å². The van der Waals surface area contributed by atoms with Crippen molar-refractivity contribution in [3.05, 3.63) is 279 Å². The summed E-state index contributed by atoms with van der Waals surface area (Å²) in [6, 6.07) is 95.2. The minimum Gasteiger partial charge on any atom is -0.338 e. The molecular formula is C74H63N3O2P2. The number of nitrogens with zero attached hydrogens (tertiary/aromatic N) is 3. The summed E-state index contributed by atoms with van der Waals surface area (Å²) in [5, 5.41) is 12.3. The monoisotopic (exact) mass is 1090 g/mol. The van der Waals surface area contributed by atoms with Crippen LogP contribution in [0.15, 0.2) is 279 Å². The lowest BCUT2D eigenvalue weighted by Gasteiger charge is -2.21. The summed E-state index contributed by atoms with van der Waals surface area (Å²) in [5.41, 5.74) is 9.55. The number of hydrogen-bond acceptors (Lipinski definition) is 2. The van der Waals surface area contributed by atoms with Crippen LogP contribution in [0.1, 0.15) is 39.5 Å². The number of para-hydroxylation sites is 5. The van der Waals surface area contributed by atoms with E-state index in [1.165, 1.54) is 75.0 Å². The fraction of sp³-hybridized carbons (Fsp3) is 0.108. The molecule has 0 amide bonds. The largest absolute Gasteiger partial charge is 0.338 e. The van der Waals surface area contributed by atoms with Crippen LogP contribution in [0.2, 0.25) is 0 Å². The third-order valence-electron chi connectivity index (χ3n) is 16.5. The first kappa shape index (κ1) is 51.7. The van der Waals surface area contributed by atoms with Gasteiger partial charge in [0.05, 0.1) is 33.3 Å². The third kappa shape index (κ3) is 9.06. The average molecular weight is 1090 g/mol. The molecule has 5 nitrogen and oxygen atoms in total. The number of fused-ring (bicyclic) bond motifs is 9. The Morgan fingerprint density at radius 2 is 0.728 bits per heavy atom. The molecule has 0 aliphatic heterocycles. The van der Waals surface area contributed by atoms with Gasteiger partial charge in [0.15, 0.2) is 14.3 Å². The Bertz CT molecular complexity index is 4500. The maximum atomic E-state index is 15.2. The van der Waals surface area contributed by atoms with Crippen LogP contribution in [0.5, 0.6) is 0 Å². The predicted molar refractivity (Wildman–Crippen MR) is 347 cm³/mol. The maximum absolute atomic E-state index is 15.2. The molecule has 1 unspecified atom stereocenters. The van der Waals surface area contributed by atoms with Gasteiger partial charge in [0.1, 0.15) is 0 Å². The van der Waals surface area contributed by atoms with Crippen molar-refractivity contribution in [3.63, 3.8) is 0 Å². The lowest BCUT2D eigenvalue weighted by molar-refractivity contribution is 0.401. The first-order chi connectivity index (χ1) is 39.9. The molecule has 396 valence electrons. The van der Waals surface area contributed by atoms with Crippen molar-refractivity contribution < 1.29 is 9.13 Å². The van der Waals surface area contributed by atoms with E-state index in [4.69, 9.17) is 0 Å². The number of rotatable bonds is 14. The lowest BCUT2D eigenvalue weighted by atomic mass is 9.99. The highest BCUT2D eigenvalue weighted by atomic mass is 31.2. The molecule has 11 aromatic carbocycles. The molecule has 0 saturated carbocycles. The molecule has 7 heteroatoms. The number of aromatic nitrogens is 3. The van der Waals surface area contributed by atoms with Crippen LogP contribution >= 0.6 is 14.3 Å². The van der Waals surface area contributed by atoms with Crippen molar-refractivity contribution in [3.8, 4) is 11.4 Å². The zero-order valence-electron chi connectivity index (χ0n) is 45.7. The van der Waals surface area contributed by atoms with Gasteiger partial charge < -0.3 is 22.8 Å². The summed E-state index contributed by atoms with van der Waals surface area (Å²) in [6.45, 7) is 5.71. The Hall–Kier alpha value is -8.72. The molecule has 0 aliphatic rings. The van der Waals surface area contributed by atoms with E-state index < -0.39 is 14.3 Å². The lowest BCUT2D eigenvalue weighted by Crippen LogP contribution is -2.25. The zero-order valence-corrected chi connectivity index (χ0v) is 47.5. The normalized spacial score (nSPS) is 12.4. The Morgan fingerprint density at radius 3 is 1.22 bits per heavy atom. The molecule has 0 spiro atoms. The van der Waals surface area contributed by atoms with Crippen molar-refractivity contribution in [2.45, 2.75) is 46.1 Å². The molecule has 3 aromatic heterocycles. The molecule has 14 rings (SSSR count). The summed E-state index contributed by atoms with van der Waals surface area (Å²) in [5.74, 6) is 0.685. The van der Waals surface area contributed by atoms with Crippen molar-refractivity contribution in [2.24, 2.45) is 5.92 Å². The molecule has 14 aromatic rings. The van der Waals surface area contributed by atoms with Gasteiger partial charge in [0.25, 0.3) is 0 Å². The van der Waals surface area contributed by atoms with E-state index in [9.17, 15) is 4.57 Å². The Labute approximate surface area is 474 Å². The molecular weight excluding hydrogens is 1020 g/mol. The van der Waals surface area contributed by atoms with Crippen LogP contribution in [0.4, 0.5) is 0 Å². The minimum absolute atomic E-state index is 0.685. The molecule has 0 aliphatic carbocycles. The number of unbranched alkanes of at least 4 members (excludes halogenated alkanes) is 1. The highest BCUT2D eigenvalue weighted by molar-refractivity contribution is 7.85. The molecule has 81 heavy (non-hydrogen) atoms. The van der Waals surface area contributed by atoms with Gasteiger partial charge in [-0.15, -0.1) is 0 Å². The summed E-state index contributed by atoms with van der Waals surface area (Å²) in [7, 11) is -6.24. The molecule has 0 fully saturated rings. The van der Waals surface area contributed by atoms with E-state index in [0.717, 1.165) is 65.9 Å². The highest BCUT2D eigenvalue weighted by Crippen LogP contribution is 2.46. The smallest absolute Gasteiger partial charge is 0.171 e. The van der Waals surface area contributed by atoms with Gasteiger partial charge in [-0.25, -0.2) is 0 Å². The fourth-order valence-corrected chi connectivity index (χ4v) is 17.8. The first-order valence-electron chi connectivity index (χ1n) is 28.5. The van der Waals surface area contributed by atoms with Gasteiger partial charge in [-0.3, -0.25) is 0 Å². The van der Waals surface area contributed by atoms with Gasteiger partial charge >= 0.3 is 0 Å². The van der Waals surface area contributed by atoms with Crippen LogP contribution in [-0.2, 0) is 15.7 Å². The predicted octanol–water partition coefficient (Wildman–Crippen LogP) is 17.2. The van der Waals surface area contributed by atoms with Crippen LogP contribution in [0.25, 0.3) is 76.8 Å². The van der Waals surface area contributed by atoms with Gasteiger partial charge in [0.2, 0.25) is 0 Å². The maximum Gasteiger partial charge on any atom is 0.171 e. The molecule has 0 N–H and O–H groups in total. The Kier molecular flexibility index (Phi) is 14.1. The van der Waals surface area contributed by atoms with Crippen LogP contribution in [0.3, 0.4) is 0 Å². The Morgan fingerprint density at radius 1 is 0.346 bits per heavy atom. The van der Waals surface area contributed by atoms with Crippen molar-refractivity contribution >= 4 is 112 Å². The standard InChI is InChI=1S/C42H31NO2P2.C32H32N2/c44-46(33-15-5-1-6-16-33,34-17-7-2-8-18-34)37-27-25-32(26-28-37)43-41-24-14-13-23-39(41)40-31-38(29-30-42(40)43)47(45,35-19-9-3-10-20-35)36-21-11-4-12-22-36;1-3-5-13-23(4-2)22-33-28-18-9-6-16-26(28)27-17-12-21-31(32(27)33)34-29-19-10-7-14-24(29)25-15-8-11-20-30(25)34/h1-31H;6-12,14-21,23H,3-5,13,22H2,1-2H3. The highest BCUT2D eigenvalue weighted by Gasteiger charge is 2.32. The first-order valence-corrected chi connectivity index (χ1v) is 31.9. The van der Waals surface area contributed by atoms with Crippen LogP contribution in [-0.4, -0.2) is 13.7 Å². The van der Waals surface area contributed by atoms with Gasteiger partial charge in [-0.1, -0.05) is 239 Å². The zero-order chi connectivity index (χ0) is 54.9. The Balaban J connectivity index is 0.000000161. The van der Waals surface area contributed by atoms with E-state index in [-0.39, 0.29) is 0 Å². The summed E-state index contributed by atoms with van der Waals surface area (Å²) < 4.78 is 37.5. The molecule has 1 atom stereocenters. The fourth-order valence-electron chi connectivity index (χ4n) is 12.5. The van der Waals surface area contributed by atoms with Gasteiger partial charge in [-0.2, -0.15) is 0 Å². The molecule has 0 radical (unpaired) electrons. The molecule has 0 saturated heterocycles. The van der Waals surface area contributed by atoms with E-state index in [1.807, 2.05) is 152 Å². The number of benzene rings is 11. The van der Waals surface area contributed by atoms with E-state index >= 15 is 4.57 Å². The second kappa shape index (κ2) is 22.1. The van der Waals surface area contributed by atoms with E-state index in [2.05, 4.69) is 155 Å². The van der Waals surface area contributed by atoms with E-state index in [1.54, 1.807) is 0 Å².